The Morgan fingerprint density at radius 1 is 1.19 bits per heavy atom. The standard InChI is InChI=1S/C21H28N4O6/c1-6-21(4)19(29)25(20(30)23-21)11-17(28)31-12-16(27)24(5)10-15(26)22-18-13(2)8-7-9-14(18)3/h7-9H,6,10-12H2,1-5H3,(H,22,26)(H,23,30). The van der Waals surface area contributed by atoms with Gasteiger partial charge in [0, 0.05) is 12.7 Å². The second kappa shape index (κ2) is 9.59. The molecule has 10 nitrogen and oxygen atoms in total. The van der Waals surface area contributed by atoms with Crippen molar-refractivity contribution in [1.82, 2.24) is 15.1 Å². The molecule has 0 aliphatic carbocycles. The van der Waals surface area contributed by atoms with Crippen LogP contribution in [0.1, 0.15) is 31.4 Å². The van der Waals surface area contributed by atoms with E-state index in [0.29, 0.717) is 12.1 Å². The van der Waals surface area contributed by atoms with E-state index in [9.17, 15) is 24.0 Å². The molecule has 1 aromatic carbocycles. The van der Waals surface area contributed by atoms with Gasteiger partial charge in [0.1, 0.15) is 12.1 Å². The SMILES string of the molecule is CCC1(C)NC(=O)N(CC(=O)OCC(=O)N(C)CC(=O)Nc2c(C)cccc2C)C1=O. The summed E-state index contributed by atoms with van der Waals surface area (Å²) in [4.78, 5) is 62.6. The average molecular weight is 432 g/mol. The van der Waals surface area contributed by atoms with Gasteiger partial charge in [-0.1, -0.05) is 25.1 Å². The molecule has 10 heteroatoms. The van der Waals surface area contributed by atoms with E-state index in [1.54, 1.807) is 13.8 Å². The second-order valence-corrected chi connectivity index (χ2v) is 7.73. The van der Waals surface area contributed by atoms with Gasteiger partial charge in [-0.05, 0) is 38.3 Å². The summed E-state index contributed by atoms with van der Waals surface area (Å²) in [6.45, 7) is 5.61. The number of nitrogens with zero attached hydrogens (tertiary/aromatic N) is 2. The quantitative estimate of drug-likeness (QED) is 0.466. The third-order valence-electron chi connectivity index (χ3n) is 5.25. The number of likely N-dealkylation sites (N-methyl/N-ethyl adjacent to an activating group) is 1. The van der Waals surface area contributed by atoms with Gasteiger partial charge >= 0.3 is 12.0 Å². The van der Waals surface area contributed by atoms with Crippen LogP contribution in [0, 0.1) is 13.8 Å². The Bertz CT molecular complexity index is 895. The van der Waals surface area contributed by atoms with E-state index in [0.717, 1.165) is 20.9 Å². The van der Waals surface area contributed by atoms with Gasteiger partial charge in [-0.3, -0.25) is 24.1 Å². The third-order valence-corrected chi connectivity index (χ3v) is 5.25. The molecule has 2 N–H and O–H groups in total. The zero-order chi connectivity index (χ0) is 23.3. The Hall–Kier alpha value is -3.43. The van der Waals surface area contributed by atoms with Crippen molar-refractivity contribution in [2.24, 2.45) is 0 Å². The highest BCUT2D eigenvalue weighted by atomic mass is 16.5. The van der Waals surface area contributed by atoms with Crippen molar-refractivity contribution in [2.45, 2.75) is 39.7 Å². The Morgan fingerprint density at radius 2 is 1.81 bits per heavy atom. The predicted molar refractivity (Wildman–Crippen MR) is 112 cm³/mol. The van der Waals surface area contributed by atoms with E-state index in [-0.39, 0.29) is 6.54 Å². The zero-order valence-electron chi connectivity index (χ0n) is 18.4. The molecular weight excluding hydrogens is 404 g/mol. The average Bonchev–Trinajstić information content (AvgIpc) is 2.92. The van der Waals surface area contributed by atoms with Crippen molar-refractivity contribution in [2.75, 3.05) is 32.1 Å². The van der Waals surface area contributed by atoms with Crippen molar-refractivity contribution >= 4 is 35.4 Å². The lowest BCUT2D eigenvalue weighted by atomic mass is 9.99. The fourth-order valence-electron chi connectivity index (χ4n) is 3.05. The molecule has 1 aliphatic heterocycles. The normalized spacial score (nSPS) is 17.9. The van der Waals surface area contributed by atoms with Gasteiger partial charge in [-0.2, -0.15) is 0 Å². The van der Waals surface area contributed by atoms with Crippen LogP contribution in [0.2, 0.25) is 0 Å². The van der Waals surface area contributed by atoms with E-state index < -0.39 is 48.4 Å². The minimum absolute atomic E-state index is 0.230. The van der Waals surface area contributed by atoms with Crippen LogP contribution in [0.3, 0.4) is 0 Å². The van der Waals surface area contributed by atoms with Crippen LogP contribution >= 0.6 is 0 Å². The molecule has 0 aromatic heterocycles. The molecule has 1 unspecified atom stereocenters. The minimum Gasteiger partial charge on any atom is -0.454 e. The number of carbonyl (C=O) groups excluding carboxylic acids is 5. The smallest absolute Gasteiger partial charge is 0.326 e. The van der Waals surface area contributed by atoms with E-state index in [4.69, 9.17) is 4.74 Å². The van der Waals surface area contributed by atoms with E-state index >= 15 is 0 Å². The van der Waals surface area contributed by atoms with Crippen molar-refractivity contribution in [1.29, 1.82) is 0 Å². The molecule has 0 bridgehead atoms. The number of rotatable bonds is 8. The Labute approximate surface area is 180 Å². The fraction of sp³-hybridized carbons (Fsp3) is 0.476. The summed E-state index contributed by atoms with van der Waals surface area (Å²) in [6.07, 6.45) is 0.372. The van der Waals surface area contributed by atoms with Crippen LogP contribution in [0.4, 0.5) is 10.5 Å². The van der Waals surface area contributed by atoms with Crippen molar-refractivity contribution in [3.63, 3.8) is 0 Å². The van der Waals surface area contributed by atoms with Crippen LogP contribution in [-0.4, -0.2) is 71.8 Å². The molecule has 5 amide bonds. The molecule has 0 radical (unpaired) electrons. The Balaban J connectivity index is 1.82. The summed E-state index contributed by atoms with van der Waals surface area (Å²) < 4.78 is 4.89. The molecule has 31 heavy (non-hydrogen) atoms. The van der Waals surface area contributed by atoms with Crippen LogP contribution in [0.5, 0.6) is 0 Å². The molecule has 168 valence electrons. The number of nitrogens with one attached hydrogen (secondary N) is 2. The molecule has 1 saturated heterocycles. The number of aryl methyl sites for hydroxylation is 2. The van der Waals surface area contributed by atoms with E-state index in [1.165, 1.54) is 7.05 Å². The number of urea groups is 1. The van der Waals surface area contributed by atoms with Gasteiger partial charge in [0.15, 0.2) is 6.61 Å². The molecule has 1 fully saturated rings. The third kappa shape index (κ3) is 5.59. The van der Waals surface area contributed by atoms with Gasteiger partial charge in [0.25, 0.3) is 11.8 Å². The number of esters is 1. The molecular formula is C21H28N4O6. The maximum absolute atomic E-state index is 12.3. The maximum Gasteiger partial charge on any atom is 0.326 e. The van der Waals surface area contributed by atoms with Gasteiger partial charge in [0.2, 0.25) is 5.91 Å². The number of amides is 5. The van der Waals surface area contributed by atoms with Crippen LogP contribution in [0.25, 0.3) is 0 Å². The van der Waals surface area contributed by atoms with Crippen molar-refractivity contribution in [3.05, 3.63) is 29.3 Å². The van der Waals surface area contributed by atoms with Gasteiger partial charge in [0.05, 0.1) is 6.54 Å². The Kier molecular flexibility index (Phi) is 7.37. The van der Waals surface area contributed by atoms with Crippen LogP contribution < -0.4 is 10.6 Å². The number of hydrogen-bond acceptors (Lipinski definition) is 6. The first-order chi connectivity index (χ1) is 14.5. The second-order valence-electron chi connectivity index (χ2n) is 7.73. The molecule has 0 saturated carbocycles. The minimum atomic E-state index is -1.06. The molecule has 0 spiro atoms. The number of hydrogen-bond donors (Lipinski definition) is 2. The summed E-state index contributed by atoms with van der Waals surface area (Å²) in [5, 5.41) is 5.30. The molecule has 1 atom stereocenters. The highest BCUT2D eigenvalue weighted by Gasteiger charge is 2.47. The van der Waals surface area contributed by atoms with Crippen LogP contribution in [0.15, 0.2) is 18.2 Å². The fourth-order valence-corrected chi connectivity index (χ4v) is 3.05. The lowest BCUT2D eigenvalue weighted by Gasteiger charge is -2.19. The summed E-state index contributed by atoms with van der Waals surface area (Å²) in [5.74, 6) is -2.41. The molecule has 1 aliphatic rings. The topological polar surface area (TPSA) is 125 Å². The number of carbonyl (C=O) groups is 5. The zero-order valence-corrected chi connectivity index (χ0v) is 18.4. The summed E-state index contributed by atoms with van der Waals surface area (Å²) >= 11 is 0. The highest BCUT2D eigenvalue weighted by molar-refractivity contribution is 6.08. The first-order valence-corrected chi connectivity index (χ1v) is 9.88. The van der Waals surface area contributed by atoms with Crippen molar-refractivity contribution < 1.29 is 28.7 Å². The van der Waals surface area contributed by atoms with Gasteiger partial charge in [-0.15, -0.1) is 0 Å². The lowest BCUT2D eigenvalue weighted by molar-refractivity contribution is -0.153. The summed E-state index contributed by atoms with van der Waals surface area (Å²) in [6, 6.07) is 4.93. The van der Waals surface area contributed by atoms with E-state index in [1.807, 2.05) is 32.0 Å². The number of imide groups is 1. The molecule has 1 aromatic rings. The number of ether oxygens (including phenoxy) is 1. The lowest BCUT2D eigenvalue weighted by Crippen LogP contribution is -2.44. The number of benzene rings is 1. The predicted octanol–water partition coefficient (Wildman–Crippen LogP) is 0.964. The van der Waals surface area contributed by atoms with E-state index in [2.05, 4.69) is 10.6 Å². The first-order valence-electron chi connectivity index (χ1n) is 9.88. The summed E-state index contributed by atoms with van der Waals surface area (Å²) in [7, 11) is 1.41. The molecule has 2 rings (SSSR count). The largest absolute Gasteiger partial charge is 0.454 e. The highest BCUT2D eigenvalue weighted by Crippen LogP contribution is 2.21. The Morgan fingerprint density at radius 3 is 2.35 bits per heavy atom. The number of anilines is 1. The molecule has 1 heterocycles. The van der Waals surface area contributed by atoms with Crippen molar-refractivity contribution in [3.8, 4) is 0 Å². The monoisotopic (exact) mass is 432 g/mol. The van der Waals surface area contributed by atoms with Gasteiger partial charge in [-0.25, -0.2) is 4.79 Å². The first kappa shape index (κ1) is 23.8. The maximum atomic E-state index is 12.3. The van der Waals surface area contributed by atoms with Gasteiger partial charge < -0.3 is 20.3 Å². The number of para-hydroxylation sites is 1. The van der Waals surface area contributed by atoms with Crippen LogP contribution in [-0.2, 0) is 23.9 Å². The summed E-state index contributed by atoms with van der Waals surface area (Å²) in [5.41, 5.74) is 1.43.